The largest absolute Gasteiger partial charge is 0.372 e. The number of hydrogen-bond donors (Lipinski definition) is 1. The zero-order valence-corrected chi connectivity index (χ0v) is 13.9. The molecule has 124 valence electrons. The third kappa shape index (κ3) is 4.60. The molecule has 0 radical (unpaired) electrons. The Morgan fingerprint density at radius 3 is 2.30 bits per heavy atom. The molecule has 0 fully saturated rings. The van der Waals surface area contributed by atoms with Gasteiger partial charge in [0.15, 0.2) is 0 Å². The summed E-state index contributed by atoms with van der Waals surface area (Å²) in [6.45, 7) is 1.59. The summed E-state index contributed by atoms with van der Waals surface area (Å²) in [6.07, 6.45) is 0. The molecule has 1 unspecified atom stereocenters. The van der Waals surface area contributed by atoms with Crippen LogP contribution in [0.2, 0.25) is 0 Å². The first-order chi connectivity index (χ1) is 10.9. The predicted octanol–water partition coefficient (Wildman–Crippen LogP) is 2.81. The molecule has 0 aliphatic carbocycles. The lowest BCUT2D eigenvalue weighted by Crippen LogP contribution is -2.41. The summed E-state index contributed by atoms with van der Waals surface area (Å²) in [6, 6.07) is 15.0. The van der Waals surface area contributed by atoms with E-state index in [1.54, 1.807) is 49.4 Å². The quantitative estimate of drug-likeness (QED) is 0.845. The predicted molar refractivity (Wildman–Crippen MR) is 87.8 cm³/mol. The van der Waals surface area contributed by atoms with Crippen LogP contribution < -0.4 is 4.72 Å². The van der Waals surface area contributed by atoms with Crippen LogP contribution in [0.3, 0.4) is 0 Å². The van der Waals surface area contributed by atoms with Gasteiger partial charge in [-0.3, -0.25) is 0 Å². The number of halogens is 1. The second-order valence-electron chi connectivity index (χ2n) is 5.48. The van der Waals surface area contributed by atoms with E-state index in [1.165, 1.54) is 13.2 Å². The highest BCUT2D eigenvalue weighted by atomic mass is 32.2. The van der Waals surface area contributed by atoms with Crippen LogP contribution in [0.4, 0.5) is 4.39 Å². The van der Waals surface area contributed by atoms with Crippen molar-refractivity contribution in [2.75, 3.05) is 13.7 Å². The second kappa shape index (κ2) is 7.21. The van der Waals surface area contributed by atoms with Gasteiger partial charge in [0.1, 0.15) is 11.4 Å². The van der Waals surface area contributed by atoms with Crippen molar-refractivity contribution in [1.82, 2.24) is 4.72 Å². The Hall–Kier alpha value is -1.76. The summed E-state index contributed by atoms with van der Waals surface area (Å²) in [4.78, 5) is 0. The first kappa shape index (κ1) is 17.6. The standard InChI is InChI=1S/C17H20FNO3S/c1-17(22-2,15-10-6-7-11-16(15)18)13-19-23(20,21)12-14-8-4-3-5-9-14/h3-11,19H,12-13H2,1-2H3. The van der Waals surface area contributed by atoms with E-state index >= 15 is 0 Å². The van der Waals surface area contributed by atoms with Crippen LogP contribution in [0.1, 0.15) is 18.1 Å². The molecule has 6 heteroatoms. The number of benzene rings is 2. The Bertz CT molecular complexity index is 749. The van der Waals surface area contributed by atoms with Crippen LogP contribution >= 0.6 is 0 Å². The summed E-state index contributed by atoms with van der Waals surface area (Å²) < 4.78 is 46.3. The van der Waals surface area contributed by atoms with Crippen molar-refractivity contribution in [1.29, 1.82) is 0 Å². The van der Waals surface area contributed by atoms with Gasteiger partial charge in [0.2, 0.25) is 10.0 Å². The van der Waals surface area contributed by atoms with Crippen molar-refractivity contribution in [2.24, 2.45) is 0 Å². The number of nitrogens with one attached hydrogen (secondary N) is 1. The third-order valence-electron chi connectivity index (χ3n) is 3.72. The molecule has 4 nitrogen and oxygen atoms in total. The monoisotopic (exact) mass is 337 g/mol. The van der Waals surface area contributed by atoms with Gasteiger partial charge in [0, 0.05) is 19.2 Å². The lowest BCUT2D eigenvalue weighted by atomic mass is 9.95. The molecule has 2 aromatic carbocycles. The molecule has 0 heterocycles. The molecular weight excluding hydrogens is 317 g/mol. The molecule has 0 aromatic heterocycles. The molecule has 1 atom stereocenters. The van der Waals surface area contributed by atoms with Crippen LogP contribution in [0.25, 0.3) is 0 Å². The van der Waals surface area contributed by atoms with E-state index in [0.717, 1.165) is 0 Å². The number of ether oxygens (including phenoxy) is 1. The third-order valence-corrected chi connectivity index (χ3v) is 5.02. The second-order valence-corrected chi connectivity index (χ2v) is 7.29. The SMILES string of the molecule is COC(C)(CNS(=O)(=O)Cc1ccccc1)c1ccccc1F. The molecule has 0 aliphatic heterocycles. The van der Waals surface area contributed by atoms with Crippen molar-refractivity contribution >= 4 is 10.0 Å². The van der Waals surface area contributed by atoms with Gasteiger partial charge >= 0.3 is 0 Å². The Morgan fingerprint density at radius 1 is 1.09 bits per heavy atom. The molecule has 2 aromatic rings. The molecule has 0 saturated heterocycles. The van der Waals surface area contributed by atoms with Crippen LogP contribution in [0.5, 0.6) is 0 Å². The van der Waals surface area contributed by atoms with E-state index in [9.17, 15) is 12.8 Å². The van der Waals surface area contributed by atoms with Gasteiger partial charge in [-0.15, -0.1) is 0 Å². The lowest BCUT2D eigenvalue weighted by Gasteiger charge is -2.29. The highest BCUT2D eigenvalue weighted by molar-refractivity contribution is 7.88. The summed E-state index contributed by atoms with van der Waals surface area (Å²) in [5.41, 5.74) is -0.0929. The smallest absolute Gasteiger partial charge is 0.215 e. The van der Waals surface area contributed by atoms with Gasteiger partial charge in [-0.25, -0.2) is 17.5 Å². The number of rotatable bonds is 7. The normalized spacial score (nSPS) is 14.4. The molecular formula is C17H20FNO3S. The maximum atomic E-state index is 14.0. The van der Waals surface area contributed by atoms with E-state index < -0.39 is 21.4 Å². The average Bonchev–Trinajstić information content (AvgIpc) is 2.54. The Kier molecular flexibility index (Phi) is 5.51. The molecule has 0 spiro atoms. The zero-order chi connectivity index (χ0) is 16.9. The first-order valence-electron chi connectivity index (χ1n) is 7.18. The number of sulfonamides is 1. The zero-order valence-electron chi connectivity index (χ0n) is 13.1. The van der Waals surface area contributed by atoms with Crippen LogP contribution in [0.15, 0.2) is 54.6 Å². The van der Waals surface area contributed by atoms with E-state index in [1.807, 2.05) is 6.07 Å². The molecule has 0 bridgehead atoms. The highest BCUT2D eigenvalue weighted by Gasteiger charge is 2.30. The van der Waals surface area contributed by atoms with Gasteiger partial charge < -0.3 is 4.74 Å². The van der Waals surface area contributed by atoms with Crippen molar-refractivity contribution in [3.63, 3.8) is 0 Å². The number of methoxy groups -OCH3 is 1. The molecule has 0 amide bonds. The van der Waals surface area contributed by atoms with E-state index in [2.05, 4.69) is 4.72 Å². The van der Waals surface area contributed by atoms with Gasteiger partial charge in [-0.2, -0.15) is 0 Å². The number of hydrogen-bond acceptors (Lipinski definition) is 3. The van der Waals surface area contributed by atoms with Crippen molar-refractivity contribution in [3.8, 4) is 0 Å². The van der Waals surface area contributed by atoms with E-state index in [-0.39, 0.29) is 12.3 Å². The average molecular weight is 337 g/mol. The summed E-state index contributed by atoms with van der Waals surface area (Å²) >= 11 is 0. The van der Waals surface area contributed by atoms with Crippen molar-refractivity contribution < 1.29 is 17.5 Å². The Labute approximate surface area is 136 Å². The summed E-state index contributed by atoms with van der Waals surface area (Å²) in [7, 11) is -2.12. The first-order valence-corrected chi connectivity index (χ1v) is 8.83. The maximum Gasteiger partial charge on any atom is 0.215 e. The van der Waals surface area contributed by atoms with Gasteiger partial charge in [0.05, 0.1) is 5.75 Å². The fraction of sp³-hybridized carbons (Fsp3) is 0.294. The van der Waals surface area contributed by atoms with Crippen molar-refractivity contribution in [3.05, 3.63) is 71.5 Å². The van der Waals surface area contributed by atoms with Gasteiger partial charge in [-0.1, -0.05) is 48.5 Å². The molecule has 1 N–H and O–H groups in total. The van der Waals surface area contributed by atoms with Crippen LogP contribution in [-0.4, -0.2) is 22.1 Å². The minimum atomic E-state index is -3.55. The topological polar surface area (TPSA) is 55.4 Å². The van der Waals surface area contributed by atoms with Crippen LogP contribution in [0, 0.1) is 5.82 Å². The maximum absolute atomic E-state index is 14.0. The molecule has 2 rings (SSSR count). The Morgan fingerprint density at radius 2 is 1.70 bits per heavy atom. The minimum Gasteiger partial charge on any atom is -0.372 e. The fourth-order valence-electron chi connectivity index (χ4n) is 2.26. The highest BCUT2D eigenvalue weighted by Crippen LogP contribution is 2.26. The Balaban J connectivity index is 2.12. The lowest BCUT2D eigenvalue weighted by molar-refractivity contribution is 0.00409. The summed E-state index contributed by atoms with van der Waals surface area (Å²) in [5.74, 6) is -0.565. The molecule has 0 saturated carbocycles. The fourth-order valence-corrected chi connectivity index (χ4v) is 3.49. The van der Waals surface area contributed by atoms with Gasteiger partial charge in [-0.05, 0) is 18.6 Å². The minimum absolute atomic E-state index is 0.0560. The van der Waals surface area contributed by atoms with E-state index in [4.69, 9.17) is 4.74 Å². The summed E-state index contributed by atoms with van der Waals surface area (Å²) in [5, 5.41) is 0. The molecule has 23 heavy (non-hydrogen) atoms. The van der Waals surface area contributed by atoms with E-state index in [0.29, 0.717) is 11.1 Å². The molecule has 0 aliphatic rings. The van der Waals surface area contributed by atoms with Crippen LogP contribution in [-0.2, 0) is 26.1 Å². The van der Waals surface area contributed by atoms with Gasteiger partial charge in [0.25, 0.3) is 0 Å². The van der Waals surface area contributed by atoms with Crippen molar-refractivity contribution in [2.45, 2.75) is 18.3 Å².